The Labute approximate surface area is 109 Å². The van der Waals surface area contributed by atoms with Gasteiger partial charge in [-0.3, -0.25) is 4.79 Å². The summed E-state index contributed by atoms with van der Waals surface area (Å²) in [4.78, 5) is 11.1. The molecule has 0 bridgehead atoms. The summed E-state index contributed by atoms with van der Waals surface area (Å²) in [6, 6.07) is 0. The first kappa shape index (κ1) is 15.4. The third kappa shape index (κ3) is 4.24. The van der Waals surface area contributed by atoms with E-state index in [9.17, 15) is 13.2 Å². The molecule has 1 aliphatic carbocycles. The second-order valence-electron chi connectivity index (χ2n) is 6.39. The van der Waals surface area contributed by atoms with Crippen LogP contribution in [0.2, 0.25) is 0 Å². The summed E-state index contributed by atoms with van der Waals surface area (Å²) >= 11 is 0. The van der Waals surface area contributed by atoms with E-state index >= 15 is 0 Å². The molecule has 0 aromatic rings. The van der Waals surface area contributed by atoms with Gasteiger partial charge in [0, 0.05) is 6.54 Å². The summed E-state index contributed by atoms with van der Waals surface area (Å²) in [6.07, 6.45) is 2.53. The highest BCUT2D eigenvalue weighted by Gasteiger charge is 2.44. The Bertz CT molecular complexity index is 404. The highest BCUT2D eigenvalue weighted by Crippen LogP contribution is 2.40. The number of carboxylic acid groups (broad SMARTS) is 1. The summed E-state index contributed by atoms with van der Waals surface area (Å²) < 4.78 is 26.0. The molecule has 6 heteroatoms. The van der Waals surface area contributed by atoms with Gasteiger partial charge in [0.25, 0.3) is 0 Å². The van der Waals surface area contributed by atoms with Gasteiger partial charge in [0.15, 0.2) is 0 Å². The number of sulfonamides is 1. The molecule has 0 radical (unpaired) electrons. The predicted octanol–water partition coefficient (Wildman–Crippen LogP) is 1.60. The zero-order valence-electron chi connectivity index (χ0n) is 11.3. The van der Waals surface area contributed by atoms with Gasteiger partial charge in [-0.05, 0) is 24.7 Å². The smallest absolute Gasteiger partial charge is 0.310 e. The number of nitrogens with one attached hydrogen (secondary N) is 1. The lowest BCUT2D eigenvalue weighted by Gasteiger charge is -2.37. The van der Waals surface area contributed by atoms with Crippen molar-refractivity contribution in [2.75, 3.05) is 12.3 Å². The molecule has 0 aliphatic heterocycles. The van der Waals surface area contributed by atoms with Crippen molar-refractivity contribution in [2.24, 2.45) is 10.8 Å². The van der Waals surface area contributed by atoms with E-state index in [1.807, 2.05) is 20.8 Å². The molecule has 1 aliphatic rings. The van der Waals surface area contributed by atoms with Crippen LogP contribution in [0.4, 0.5) is 0 Å². The van der Waals surface area contributed by atoms with Gasteiger partial charge in [-0.25, -0.2) is 13.1 Å². The monoisotopic (exact) mass is 277 g/mol. The lowest BCUT2D eigenvalue weighted by atomic mass is 9.69. The number of rotatable bonds is 6. The molecule has 1 fully saturated rings. The van der Waals surface area contributed by atoms with Crippen LogP contribution in [0.1, 0.15) is 46.5 Å². The SMILES string of the molecule is CC(C)(C)CCS(=O)(=O)NCC1(C(=O)O)CCC1. The molecule has 0 aromatic carbocycles. The van der Waals surface area contributed by atoms with Gasteiger partial charge in [-0.1, -0.05) is 27.2 Å². The van der Waals surface area contributed by atoms with E-state index in [4.69, 9.17) is 5.11 Å². The first-order valence-electron chi connectivity index (χ1n) is 6.27. The van der Waals surface area contributed by atoms with E-state index in [2.05, 4.69) is 4.72 Å². The van der Waals surface area contributed by atoms with Crippen molar-refractivity contribution >= 4 is 16.0 Å². The number of hydrogen-bond donors (Lipinski definition) is 2. The van der Waals surface area contributed by atoms with Gasteiger partial charge in [0.2, 0.25) is 10.0 Å². The minimum absolute atomic E-state index is 0.0226. The van der Waals surface area contributed by atoms with Crippen LogP contribution in [0, 0.1) is 10.8 Å². The first-order valence-corrected chi connectivity index (χ1v) is 7.92. The average Bonchev–Trinajstić information content (AvgIpc) is 2.11. The lowest BCUT2D eigenvalue weighted by Crippen LogP contribution is -2.48. The topological polar surface area (TPSA) is 83.5 Å². The summed E-state index contributed by atoms with van der Waals surface area (Å²) in [7, 11) is -3.37. The van der Waals surface area contributed by atoms with Crippen molar-refractivity contribution in [3.8, 4) is 0 Å². The number of carbonyl (C=O) groups is 1. The molecule has 0 saturated heterocycles. The van der Waals surface area contributed by atoms with Crippen LogP contribution in [0.3, 0.4) is 0 Å². The van der Waals surface area contributed by atoms with Crippen molar-refractivity contribution in [1.29, 1.82) is 0 Å². The normalized spacial score (nSPS) is 19.3. The number of aliphatic carboxylic acids is 1. The number of carboxylic acids is 1. The Hall–Kier alpha value is -0.620. The van der Waals surface area contributed by atoms with Crippen molar-refractivity contribution in [3.05, 3.63) is 0 Å². The highest BCUT2D eigenvalue weighted by molar-refractivity contribution is 7.89. The van der Waals surface area contributed by atoms with Gasteiger partial charge in [0.1, 0.15) is 0 Å². The maximum atomic E-state index is 11.8. The van der Waals surface area contributed by atoms with Crippen LogP contribution in [0.25, 0.3) is 0 Å². The lowest BCUT2D eigenvalue weighted by molar-refractivity contribution is -0.153. The van der Waals surface area contributed by atoms with E-state index < -0.39 is 21.4 Å². The van der Waals surface area contributed by atoms with E-state index in [1.54, 1.807) is 0 Å². The van der Waals surface area contributed by atoms with Gasteiger partial charge < -0.3 is 5.11 Å². The molecular weight excluding hydrogens is 254 g/mol. The molecule has 0 aromatic heterocycles. The Morgan fingerprint density at radius 1 is 1.33 bits per heavy atom. The van der Waals surface area contributed by atoms with Crippen LogP contribution in [0.5, 0.6) is 0 Å². The quantitative estimate of drug-likeness (QED) is 0.772. The first-order chi connectivity index (χ1) is 8.06. The predicted molar refractivity (Wildman–Crippen MR) is 69.8 cm³/mol. The number of hydrogen-bond acceptors (Lipinski definition) is 3. The Balaban J connectivity index is 2.49. The molecule has 2 N–H and O–H groups in total. The second kappa shape index (κ2) is 5.17. The van der Waals surface area contributed by atoms with Gasteiger partial charge in [-0.15, -0.1) is 0 Å². The van der Waals surface area contributed by atoms with Gasteiger partial charge in [0.05, 0.1) is 11.2 Å². The average molecular weight is 277 g/mol. The fraction of sp³-hybridized carbons (Fsp3) is 0.917. The maximum Gasteiger partial charge on any atom is 0.310 e. The molecule has 0 amide bonds. The molecule has 1 rings (SSSR count). The Kier molecular flexibility index (Phi) is 4.43. The zero-order chi connectivity index (χ0) is 14.0. The van der Waals surface area contributed by atoms with Crippen molar-refractivity contribution in [2.45, 2.75) is 46.5 Å². The molecule has 5 nitrogen and oxygen atoms in total. The second-order valence-corrected chi connectivity index (χ2v) is 8.32. The van der Waals surface area contributed by atoms with Gasteiger partial charge in [-0.2, -0.15) is 0 Å². The summed E-state index contributed by atoms with van der Waals surface area (Å²) in [5.41, 5.74) is -0.912. The van der Waals surface area contributed by atoms with Crippen LogP contribution in [-0.4, -0.2) is 31.8 Å². The summed E-state index contributed by atoms with van der Waals surface area (Å²) in [5.74, 6) is -0.848. The van der Waals surface area contributed by atoms with E-state index in [0.29, 0.717) is 19.3 Å². The third-order valence-electron chi connectivity index (χ3n) is 3.52. The van der Waals surface area contributed by atoms with Crippen LogP contribution < -0.4 is 4.72 Å². The van der Waals surface area contributed by atoms with Gasteiger partial charge >= 0.3 is 5.97 Å². The van der Waals surface area contributed by atoms with Crippen LogP contribution >= 0.6 is 0 Å². The van der Waals surface area contributed by atoms with Crippen molar-refractivity contribution in [3.63, 3.8) is 0 Å². The molecule has 18 heavy (non-hydrogen) atoms. The third-order valence-corrected chi connectivity index (χ3v) is 4.84. The molecule has 0 unspecified atom stereocenters. The molecule has 0 atom stereocenters. The molecule has 106 valence electrons. The van der Waals surface area contributed by atoms with Crippen molar-refractivity contribution < 1.29 is 18.3 Å². The fourth-order valence-corrected chi connectivity index (χ4v) is 3.35. The van der Waals surface area contributed by atoms with Crippen LogP contribution in [-0.2, 0) is 14.8 Å². The van der Waals surface area contributed by atoms with E-state index in [1.165, 1.54) is 0 Å². The minimum Gasteiger partial charge on any atom is -0.481 e. The standard InChI is InChI=1S/C12H23NO4S/c1-11(2,3)7-8-18(16,17)13-9-12(10(14)15)5-4-6-12/h13H,4-9H2,1-3H3,(H,14,15). The Morgan fingerprint density at radius 3 is 2.22 bits per heavy atom. The summed E-state index contributed by atoms with van der Waals surface area (Å²) in [5, 5.41) is 9.10. The maximum absolute atomic E-state index is 11.8. The largest absolute Gasteiger partial charge is 0.481 e. The molecular formula is C12H23NO4S. The van der Waals surface area contributed by atoms with E-state index in [-0.39, 0.29) is 17.7 Å². The Morgan fingerprint density at radius 2 is 1.89 bits per heavy atom. The van der Waals surface area contributed by atoms with E-state index in [0.717, 1.165) is 6.42 Å². The highest BCUT2D eigenvalue weighted by atomic mass is 32.2. The van der Waals surface area contributed by atoms with Crippen LogP contribution in [0.15, 0.2) is 0 Å². The molecule has 0 heterocycles. The summed E-state index contributed by atoms with van der Waals surface area (Å²) in [6.45, 7) is 5.96. The minimum atomic E-state index is -3.37. The fourth-order valence-electron chi connectivity index (χ4n) is 1.83. The molecule has 0 spiro atoms. The van der Waals surface area contributed by atoms with Crippen molar-refractivity contribution in [1.82, 2.24) is 4.72 Å². The molecule has 1 saturated carbocycles. The zero-order valence-corrected chi connectivity index (χ0v) is 12.1.